The second-order valence-electron chi connectivity index (χ2n) is 5.62. The fourth-order valence-electron chi connectivity index (χ4n) is 3.40. The third kappa shape index (κ3) is 2.27. The van der Waals surface area contributed by atoms with Crippen LogP contribution in [0, 0.1) is 11.8 Å². The zero-order valence-corrected chi connectivity index (χ0v) is 10.5. The van der Waals surface area contributed by atoms with Crippen molar-refractivity contribution in [1.82, 2.24) is 4.90 Å². The summed E-state index contributed by atoms with van der Waals surface area (Å²) in [4.78, 5) is 14.4. The third-order valence-electron chi connectivity index (χ3n) is 4.36. The first-order valence-corrected chi connectivity index (χ1v) is 6.77. The molecule has 1 N–H and O–H groups in total. The van der Waals surface area contributed by atoms with Gasteiger partial charge in [-0.2, -0.15) is 0 Å². The number of phenolic OH excluding ortho intramolecular Hbond substituents is 1. The molecule has 2 unspecified atom stereocenters. The number of hydrogen-bond acceptors (Lipinski definition) is 3. The molecular weight excluding hydrogens is 226 g/mol. The van der Waals surface area contributed by atoms with E-state index in [-0.39, 0.29) is 11.5 Å². The van der Waals surface area contributed by atoms with Crippen LogP contribution in [-0.4, -0.2) is 35.4 Å². The van der Waals surface area contributed by atoms with Crippen LogP contribution in [0.15, 0.2) is 24.3 Å². The number of rotatable bonds is 3. The van der Waals surface area contributed by atoms with E-state index in [4.69, 9.17) is 0 Å². The number of ketones is 1. The van der Waals surface area contributed by atoms with Crippen molar-refractivity contribution in [2.45, 2.75) is 19.3 Å². The molecule has 0 spiro atoms. The Bertz CT molecular complexity index is 428. The standard InChI is InChI=1S/C15H19NO2/c17-14-6-4-11(5-7-14)15(18)10-16-8-12-2-1-3-13(12)9-16/h4-7,12-13,17H,1-3,8-10H2. The Hall–Kier alpha value is -1.35. The number of fused-ring (bicyclic) bond motifs is 1. The summed E-state index contributed by atoms with van der Waals surface area (Å²) in [5.41, 5.74) is 0.699. The number of aromatic hydroxyl groups is 1. The van der Waals surface area contributed by atoms with Crippen LogP contribution >= 0.6 is 0 Å². The number of hydrogen-bond donors (Lipinski definition) is 1. The molecule has 1 heterocycles. The molecule has 3 nitrogen and oxygen atoms in total. The van der Waals surface area contributed by atoms with Crippen LogP contribution in [0.3, 0.4) is 0 Å². The minimum Gasteiger partial charge on any atom is -0.508 e. The van der Waals surface area contributed by atoms with E-state index in [2.05, 4.69) is 4.90 Å². The number of carbonyl (C=O) groups is 1. The normalized spacial score (nSPS) is 27.3. The van der Waals surface area contributed by atoms with Crippen molar-refractivity contribution in [3.63, 3.8) is 0 Å². The number of benzene rings is 1. The zero-order valence-electron chi connectivity index (χ0n) is 10.5. The summed E-state index contributed by atoms with van der Waals surface area (Å²) in [6, 6.07) is 6.56. The highest BCUT2D eigenvalue weighted by Gasteiger charge is 2.36. The lowest BCUT2D eigenvalue weighted by Gasteiger charge is -2.15. The Morgan fingerprint density at radius 2 is 1.78 bits per heavy atom. The zero-order chi connectivity index (χ0) is 12.5. The van der Waals surface area contributed by atoms with Gasteiger partial charge in [0.2, 0.25) is 0 Å². The highest BCUT2D eigenvalue weighted by atomic mass is 16.3. The molecule has 1 aliphatic carbocycles. The van der Waals surface area contributed by atoms with E-state index in [0.29, 0.717) is 12.1 Å². The lowest BCUT2D eigenvalue weighted by atomic mass is 10.0. The first-order chi connectivity index (χ1) is 8.72. The van der Waals surface area contributed by atoms with E-state index in [1.54, 1.807) is 24.3 Å². The van der Waals surface area contributed by atoms with Gasteiger partial charge < -0.3 is 5.11 Å². The number of nitrogens with zero attached hydrogens (tertiary/aromatic N) is 1. The van der Waals surface area contributed by atoms with Gasteiger partial charge in [0, 0.05) is 18.7 Å². The van der Waals surface area contributed by atoms with Gasteiger partial charge in [0.15, 0.2) is 5.78 Å². The van der Waals surface area contributed by atoms with E-state index < -0.39 is 0 Å². The van der Waals surface area contributed by atoms with Crippen molar-refractivity contribution in [1.29, 1.82) is 0 Å². The van der Waals surface area contributed by atoms with E-state index in [1.807, 2.05) is 0 Å². The lowest BCUT2D eigenvalue weighted by Crippen LogP contribution is -2.28. The molecule has 18 heavy (non-hydrogen) atoms. The predicted octanol–water partition coefficient (Wildman–Crippen LogP) is 2.31. The second-order valence-corrected chi connectivity index (χ2v) is 5.62. The summed E-state index contributed by atoms with van der Waals surface area (Å²) in [6.07, 6.45) is 4.05. The molecule has 1 aliphatic heterocycles. The summed E-state index contributed by atoms with van der Waals surface area (Å²) in [5.74, 6) is 2.03. The maximum atomic E-state index is 12.1. The Morgan fingerprint density at radius 3 is 2.39 bits per heavy atom. The fourth-order valence-corrected chi connectivity index (χ4v) is 3.40. The van der Waals surface area contributed by atoms with Gasteiger partial charge in [-0.25, -0.2) is 0 Å². The average molecular weight is 245 g/mol. The molecule has 2 atom stereocenters. The monoisotopic (exact) mass is 245 g/mol. The van der Waals surface area contributed by atoms with Gasteiger partial charge in [0.05, 0.1) is 6.54 Å². The van der Waals surface area contributed by atoms with Gasteiger partial charge >= 0.3 is 0 Å². The summed E-state index contributed by atoms with van der Waals surface area (Å²) in [7, 11) is 0. The predicted molar refractivity (Wildman–Crippen MR) is 69.7 cm³/mol. The Kier molecular flexibility index (Phi) is 3.08. The minimum absolute atomic E-state index is 0.162. The summed E-state index contributed by atoms with van der Waals surface area (Å²) >= 11 is 0. The van der Waals surface area contributed by atoms with Crippen LogP contribution in [0.4, 0.5) is 0 Å². The molecule has 3 rings (SSSR count). The van der Waals surface area contributed by atoms with E-state index in [1.165, 1.54) is 19.3 Å². The molecule has 1 saturated carbocycles. The van der Waals surface area contributed by atoms with E-state index >= 15 is 0 Å². The van der Waals surface area contributed by atoms with Crippen molar-refractivity contribution in [3.05, 3.63) is 29.8 Å². The first-order valence-electron chi connectivity index (χ1n) is 6.77. The van der Waals surface area contributed by atoms with Gasteiger partial charge in [0.25, 0.3) is 0 Å². The first kappa shape index (κ1) is 11.7. The SMILES string of the molecule is O=C(CN1CC2CCCC2C1)c1ccc(O)cc1. The molecule has 3 heteroatoms. The Labute approximate surface area is 107 Å². The van der Waals surface area contributed by atoms with Crippen LogP contribution in [0.25, 0.3) is 0 Å². The van der Waals surface area contributed by atoms with Crippen molar-refractivity contribution >= 4 is 5.78 Å². The topological polar surface area (TPSA) is 40.5 Å². The van der Waals surface area contributed by atoms with Crippen LogP contribution < -0.4 is 0 Å². The van der Waals surface area contributed by atoms with Gasteiger partial charge in [-0.05, 0) is 48.9 Å². The fraction of sp³-hybridized carbons (Fsp3) is 0.533. The molecule has 0 aromatic heterocycles. The quantitative estimate of drug-likeness (QED) is 0.831. The molecule has 1 aromatic carbocycles. The van der Waals surface area contributed by atoms with Crippen LogP contribution in [0.1, 0.15) is 29.6 Å². The molecule has 0 radical (unpaired) electrons. The highest BCUT2D eigenvalue weighted by Crippen LogP contribution is 2.37. The Balaban J connectivity index is 1.60. The summed E-state index contributed by atoms with van der Waals surface area (Å²) in [5, 5.41) is 9.21. The highest BCUT2D eigenvalue weighted by molar-refractivity contribution is 5.97. The van der Waals surface area contributed by atoms with E-state index in [9.17, 15) is 9.90 Å². The van der Waals surface area contributed by atoms with Crippen LogP contribution in [0.2, 0.25) is 0 Å². The van der Waals surface area contributed by atoms with Crippen molar-refractivity contribution in [2.75, 3.05) is 19.6 Å². The second kappa shape index (κ2) is 4.73. The maximum Gasteiger partial charge on any atom is 0.176 e. The van der Waals surface area contributed by atoms with Crippen molar-refractivity contribution in [2.24, 2.45) is 11.8 Å². The molecule has 1 saturated heterocycles. The van der Waals surface area contributed by atoms with Crippen molar-refractivity contribution < 1.29 is 9.90 Å². The molecular formula is C15H19NO2. The smallest absolute Gasteiger partial charge is 0.176 e. The van der Waals surface area contributed by atoms with Gasteiger partial charge in [-0.15, -0.1) is 0 Å². The number of phenols is 1. The molecule has 2 fully saturated rings. The minimum atomic E-state index is 0.162. The molecule has 96 valence electrons. The van der Waals surface area contributed by atoms with Gasteiger partial charge in [0.1, 0.15) is 5.75 Å². The molecule has 2 aliphatic rings. The van der Waals surface area contributed by atoms with Crippen LogP contribution in [-0.2, 0) is 0 Å². The molecule has 0 amide bonds. The van der Waals surface area contributed by atoms with Gasteiger partial charge in [-0.1, -0.05) is 6.42 Å². The number of likely N-dealkylation sites (tertiary alicyclic amines) is 1. The Morgan fingerprint density at radius 1 is 1.17 bits per heavy atom. The third-order valence-corrected chi connectivity index (χ3v) is 4.36. The largest absolute Gasteiger partial charge is 0.508 e. The summed E-state index contributed by atoms with van der Waals surface area (Å²) < 4.78 is 0. The number of Topliss-reactive ketones (excluding diaryl/α,β-unsaturated/α-hetero) is 1. The number of carbonyl (C=O) groups excluding carboxylic acids is 1. The average Bonchev–Trinajstić information content (AvgIpc) is 2.90. The summed E-state index contributed by atoms with van der Waals surface area (Å²) in [6.45, 7) is 2.71. The van der Waals surface area contributed by atoms with Crippen LogP contribution in [0.5, 0.6) is 5.75 Å². The maximum absolute atomic E-state index is 12.1. The van der Waals surface area contributed by atoms with Crippen molar-refractivity contribution in [3.8, 4) is 5.75 Å². The lowest BCUT2D eigenvalue weighted by molar-refractivity contribution is 0.0941. The van der Waals surface area contributed by atoms with Gasteiger partial charge in [-0.3, -0.25) is 9.69 Å². The molecule has 1 aromatic rings. The van der Waals surface area contributed by atoms with E-state index in [0.717, 1.165) is 24.9 Å². The molecule has 0 bridgehead atoms.